The van der Waals surface area contributed by atoms with Gasteiger partial charge in [-0.2, -0.15) is 0 Å². The predicted molar refractivity (Wildman–Crippen MR) is 121 cm³/mol. The lowest BCUT2D eigenvalue weighted by atomic mass is 9.90. The number of hydrogen-bond acceptors (Lipinski definition) is 4. The zero-order valence-corrected chi connectivity index (χ0v) is 17.3. The molecule has 0 fully saturated rings. The summed E-state index contributed by atoms with van der Waals surface area (Å²) in [4.78, 5) is 29.8. The van der Waals surface area contributed by atoms with E-state index in [9.17, 15) is 14.9 Å². The van der Waals surface area contributed by atoms with Crippen LogP contribution in [0.25, 0.3) is 22.4 Å². The summed E-state index contributed by atoms with van der Waals surface area (Å²) in [5, 5.41) is 12.8. The number of benzene rings is 3. The molecule has 5 nitrogen and oxygen atoms in total. The molecular formula is C25H17ClN2O3. The molecule has 0 saturated carbocycles. The molecule has 31 heavy (non-hydrogen) atoms. The number of rotatable bonds is 5. The number of nitrogens with zero attached hydrogens (tertiary/aromatic N) is 2. The predicted octanol–water partition coefficient (Wildman–Crippen LogP) is 6.52. The summed E-state index contributed by atoms with van der Waals surface area (Å²) in [6.07, 6.45) is 0. The Morgan fingerprint density at radius 3 is 1.97 bits per heavy atom. The SMILES string of the molecule is Cc1nc(-c2ccccc2)c([N+](=O)[O-])c(-c2ccccc2)c1C(=O)c1ccc(Cl)cc1. The van der Waals surface area contributed by atoms with Gasteiger partial charge in [0.25, 0.3) is 0 Å². The third-order valence-corrected chi connectivity index (χ3v) is 5.23. The van der Waals surface area contributed by atoms with Crippen molar-refractivity contribution in [3.05, 3.63) is 117 Å². The average Bonchev–Trinajstić information content (AvgIpc) is 2.79. The number of hydrogen-bond donors (Lipinski definition) is 0. The van der Waals surface area contributed by atoms with Crippen LogP contribution in [0.15, 0.2) is 84.9 Å². The maximum Gasteiger partial charge on any atom is 0.304 e. The topological polar surface area (TPSA) is 73.1 Å². The Balaban J connectivity index is 2.08. The Hall–Kier alpha value is -3.83. The van der Waals surface area contributed by atoms with Crippen LogP contribution < -0.4 is 0 Å². The number of carbonyl (C=O) groups is 1. The minimum atomic E-state index is -0.463. The third kappa shape index (κ3) is 3.96. The zero-order chi connectivity index (χ0) is 22.0. The second-order valence-corrected chi connectivity index (χ2v) is 7.41. The summed E-state index contributed by atoms with van der Waals surface area (Å²) in [6, 6.07) is 24.3. The van der Waals surface area contributed by atoms with Gasteiger partial charge in [-0.25, -0.2) is 4.98 Å². The van der Waals surface area contributed by atoms with E-state index in [1.165, 1.54) is 0 Å². The van der Waals surface area contributed by atoms with E-state index >= 15 is 0 Å². The van der Waals surface area contributed by atoms with Crippen molar-refractivity contribution in [2.24, 2.45) is 0 Å². The van der Waals surface area contributed by atoms with Crippen LogP contribution in [0.2, 0.25) is 5.02 Å². The van der Waals surface area contributed by atoms with E-state index in [0.717, 1.165) is 0 Å². The van der Waals surface area contributed by atoms with Crippen LogP contribution in [-0.2, 0) is 0 Å². The molecule has 0 saturated heterocycles. The van der Waals surface area contributed by atoms with Crippen LogP contribution in [0.5, 0.6) is 0 Å². The van der Waals surface area contributed by atoms with E-state index < -0.39 is 4.92 Å². The molecule has 0 aliphatic carbocycles. The van der Waals surface area contributed by atoms with Crippen LogP contribution in [-0.4, -0.2) is 15.7 Å². The van der Waals surface area contributed by atoms with Crippen molar-refractivity contribution in [3.8, 4) is 22.4 Å². The van der Waals surface area contributed by atoms with Gasteiger partial charge in [0.2, 0.25) is 0 Å². The summed E-state index contributed by atoms with van der Waals surface area (Å²) in [6.45, 7) is 1.70. The Morgan fingerprint density at radius 2 is 1.42 bits per heavy atom. The first-order valence-corrected chi connectivity index (χ1v) is 9.95. The van der Waals surface area contributed by atoms with Gasteiger partial charge in [-0.15, -0.1) is 0 Å². The monoisotopic (exact) mass is 428 g/mol. The Morgan fingerprint density at radius 1 is 0.871 bits per heavy atom. The average molecular weight is 429 g/mol. The van der Waals surface area contributed by atoms with E-state index in [1.807, 2.05) is 12.1 Å². The van der Waals surface area contributed by atoms with Gasteiger partial charge in [-0.05, 0) is 36.8 Å². The molecule has 0 N–H and O–H groups in total. The van der Waals surface area contributed by atoms with E-state index in [4.69, 9.17) is 11.6 Å². The van der Waals surface area contributed by atoms with Crippen LogP contribution in [0.3, 0.4) is 0 Å². The fourth-order valence-electron chi connectivity index (χ4n) is 3.58. The second-order valence-electron chi connectivity index (χ2n) is 6.97. The summed E-state index contributed by atoms with van der Waals surface area (Å²) in [5.74, 6) is -0.344. The molecule has 1 aromatic heterocycles. The summed E-state index contributed by atoms with van der Waals surface area (Å²) >= 11 is 5.96. The minimum absolute atomic E-state index is 0.194. The van der Waals surface area contributed by atoms with Crippen LogP contribution in [0.1, 0.15) is 21.6 Å². The molecule has 0 aliphatic heterocycles. The third-order valence-electron chi connectivity index (χ3n) is 4.98. The molecule has 0 amide bonds. The highest BCUT2D eigenvalue weighted by atomic mass is 35.5. The number of carbonyl (C=O) groups excluding carboxylic acids is 1. The molecular weight excluding hydrogens is 412 g/mol. The van der Waals surface area contributed by atoms with Gasteiger partial charge in [-0.3, -0.25) is 14.9 Å². The minimum Gasteiger partial charge on any atom is -0.289 e. The second kappa shape index (κ2) is 8.50. The van der Waals surface area contributed by atoms with Crippen molar-refractivity contribution in [1.82, 2.24) is 4.98 Å². The molecule has 0 unspecified atom stereocenters. The van der Waals surface area contributed by atoms with Gasteiger partial charge in [0.15, 0.2) is 5.78 Å². The normalized spacial score (nSPS) is 10.6. The van der Waals surface area contributed by atoms with Crippen molar-refractivity contribution >= 4 is 23.1 Å². The number of pyridine rings is 1. The van der Waals surface area contributed by atoms with E-state index in [-0.39, 0.29) is 28.3 Å². The molecule has 4 aromatic rings. The van der Waals surface area contributed by atoms with Gasteiger partial charge in [0, 0.05) is 16.1 Å². The highest BCUT2D eigenvalue weighted by Gasteiger charge is 2.31. The van der Waals surface area contributed by atoms with Crippen molar-refractivity contribution < 1.29 is 9.72 Å². The van der Waals surface area contributed by atoms with Gasteiger partial charge in [-0.1, -0.05) is 72.3 Å². The van der Waals surface area contributed by atoms with Gasteiger partial charge in [0.05, 0.1) is 21.7 Å². The Labute approximate surface area is 184 Å². The summed E-state index contributed by atoms with van der Waals surface area (Å²) in [5.41, 5.74) is 2.50. The molecule has 3 aromatic carbocycles. The molecule has 0 atom stereocenters. The van der Waals surface area contributed by atoms with E-state index in [0.29, 0.717) is 27.4 Å². The van der Waals surface area contributed by atoms with Crippen molar-refractivity contribution in [2.75, 3.05) is 0 Å². The maximum atomic E-state index is 13.5. The molecule has 1 heterocycles. The molecule has 0 bridgehead atoms. The van der Waals surface area contributed by atoms with Crippen LogP contribution in [0, 0.1) is 17.0 Å². The highest BCUT2D eigenvalue weighted by molar-refractivity contribution is 6.30. The van der Waals surface area contributed by atoms with Crippen molar-refractivity contribution in [3.63, 3.8) is 0 Å². The first-order chi connectivity index (χ1) is 15.0. The van der Waals surface area contributed by atoms with Crippen molar-refractivity contribution in [2.45, 2.75) is 6.92 Å². The lowest BCUT2D eigenvalue weighted by molar-refractivity contribution is -0.383. The van der Waals surface area contributed by atoms with Crippen LogP contribution in [0.4, 0.5) is 5.69 Å². The van der Waals surface area contributed by atoms with Gasteiger partial charge >= 0.3 is 5.69 Å². The molecule has 0 radical (unpaired) electrons. The Bertz CT molecular complexity index is 1270. The molecule has 152 valence electrons. The number of nitro groups is 1. The lowest BCUT2D eigenvalue weighted by Gasteiger charge is -2.15. The fourth-order valence-corrected chi connectivity index (χ4v) is 3.70. The highest BCUT2D eigenvalue weighted by Crippen LogP contribution is 2.41. The van der Waals surface area contributed by atoms with Gasteiger partial charge in [0.1, 0.15) is 5.69 Å². The maximum absolute atomic E-state index is 13.5. The molecule has 4 rings (SSSR count). The number of ketones is 1. The van der Waals surface area contributed by atoms with E-state index in [2.05, 4.69) is 4.98 Å². The quantitative estimate of drug-likeness (QED) is 0.206. The number of halogens is 1. The first kappa shape index (κ1) is 20.4. The lowest BCUT2D eigenvalue weighted by Crippen LogP contribution is -2.11. The standard InChI is InChI=1S/C25H17ClN2O3/c1-16-21(25(29)19-12-14-20(26)15-13-19)22(17-8-4-2-5-9-17)24(28(30)31)23(27-16)18-10-6-3-7-11-18/h2-15H,1H3. The smallest absolute Gasteiger partial charge is 0.289 e. The number of aryl methyl sites for hydroxylation is 1. The van der Waals surface area contributed by atoms with Crippen LogP contribution >= 0.6 is 11.6 Å². The molecule has 0 spiro atoms. The fraction of sp³-hybridized carbons (Fsp3) is 0.0400. The molecule has 0 aliphatic rings. The van der Waals surface area contributed by atoms with Gasteiger partial charge < -0.3 is 0 Å². The Kier molecular flexibility index (Phi) is 5.60. The van der Waals surface area contributed by atoms with E-state index in [1.54, 1.807) is 79.7 Å². The zero-order valence-electron chi connectivity index (χ0n) is 16.6. The largest absolute Gasteiger partial charge is 0.304 e. The first-order valence-electron chi connectivity index (χ1n) is 9.57. The van der Waals surface area contributed by atoms with Crippen molar-refractivity contribution in [1.29, 1.82) is 0 Å². The number of aromatic nitrogens is 1. The summed E-state index contributed by atoms with van der Waals surface area (Å²) < 4.78 is 0. The molecule has 6 heteroatoms. The summed E-state index contributed by atoms with van der Waals surface area (Å²) in [7, 11) is 0.